The molecule has 3 heteroatoms. The van der Waals surface area contributed by atoms with Crippen molar-refractivity contribution in [3.05, 3.63) is 0 Å². The number of rotatable bonds is 3. The van der Waals surface area contributed by atoms with Crippen LogP contribution in [0.2, 0.25) is 0 Å². The van der Waals surface area contributed by atoms with E-state index < -0.39 is 0 Å². The third kappa shape index (κ3) is 4.25. The number of hydrazine groups is 1. The van der Waals surface area contributed by atoms with E-state index in [1.807, 2.05) is 11.1 Å². The van der Waals surface area contributed by atoms with Gasteiger partial charge in [0, 0.05) is 22.7 Å². The van der Waals surface area contributed by atoms with Crippen molar-refractivity contribution < 1.29 is 0 Å². The van der Waals surface area contributed by atoms with Crippen molar-refractivity contribution in [2.75, 3.05) is 13.6 Å². The molecule has 0 aromatic carbocycles. The third-order valence-electron chi connectivity index (χ3n) is 0.663. The van der Waals surface area contributed by atoms with Crippen LogP contribution < -0.4 is 5.43 Å². The van der Waals surface area contributed by atoms with Crippen LogP contribution in [0, 0.1) is 0 Å². The van der Waals surface area contributed by atoms with Gasteiger partial charge in [-0.2, -0.15) is 4.03 Å². The molecule has 0 aromatic heterocycles. The Labute approximate surface area is 53.2 Å². The maximum atomic E-state index is 3.26. The number of hydrogen-bond donors (Lipinski definition) is 1. The first-order chi connectivity index (χ1) is 3.31. The van der Waals surface area contributed by atoms with Gasteiger partial charge in [-0.05, 0) is 13.5 Å². The average Bonchev–Trinajstić information content (AvgIpc) is 1.68. The molecular weight excluding hydrogens is 156 g/mol. The van der Waals surface area contributed by atoms with Crippen molar-refractivity contribution in [3.63, 3.8) is 0 Å². The van der Waals surface area contributed by atoms with Crippen LogP contribution in [0.3, 0.4) is 0 Å². The molecule has 44 valence electrons. The predicted molar refractivity (Wildman–Crippen MR) is 35.0 cm³/mol. The van der Waals surface area contributed by atoms with Gasteiger partial charge >= 0.3 is 0 Å². The molecule has 0 aliphatic rings. The fourth-order valence-corrected chi connectivity index (χ4v) is 0.663. The molecule has 0 aromatic rings. The largest absolute Gasteiger partial charge is 0.248 e. The second-order valence-corrected chi connectivity index (χ2v) is 2.17. The smallest absolute Gasteiger partial charge is 0.0285 e. The van der Waals surface area contributed by atoms with Crippen LogP contribution in [0.5, 0.6) is 0 Å². The summed E-state index contributed by atoms with van der Waals surface area (Å²) < 4.78 is 1.87. The Hall–Kier alpha value is 0.400. The minimum absolute atomic E-state index is 1.04. The van der Waals surface area contributed by atoms with E-state index in [1.165, 1.54) is 0 Å². The monoisotopic (exact) mass is 166 g/mol. The van der Waals surface area contributed by atoms with E-state index in [0.717, 1.165) is 13.0 Å². The summed E-state index contributed by atoms with van der Waals surface area (Å²) in [6.07, 6.45) is 1.16. The number of nitrogens with zero attached hydrogens (tertiary/aromatic N) is 1. The summed E-state index contributed by atoms with van der Waals surface area (Å²) in [5.41, 5.74) is 2.92. The van der Waals surface area contributed by atoms with Crippen molar-refractivity contribution in [3.8, 4) is 0 Å². The normalized spacial score (nSPS) is 10.3. The molecular formula is C4H11BrN2. The van der Waals surface area contributed by atoms with E-state index >= 15 is 0 Å². The average molecular weight is 167 g/mol. The summed E-state index contributed by atoms with van der Waals surface area (Å²) in [5, 5.41) is 0. The van der Waals surface area contributed by atoms with Crippen molar-refractivity contribution in [2.45, 2.75) is 13.3 Å². The van der Waals surface area contributed by atoms with Crippen molar-refractivity contribution >= 4 is 16.1 Å². The van der Waals surface area contributed by atoms with Gasteiger partial charge in [0.2, 0.25) is 0 Å². The molecule has 1 N–H and O–H groups in total. The molecule has 0 radical (unpaired) electrons. The van der Waals surface area contributed by atoms with Gasteiger partial charge in [0.15, 0.2) is 0 Å². The summed E-state index contributed by atoms with van der Waals surface area (Å²) in [7, 11) is 1.88. The first-order valence-electron chi connectivity index (χ1n) is 2.42. The number of halogens is 1. The Balaban J connectivity index is 2.83. The molecule has 0 saturated carbocycles. The number of nitrogens with one attached hydrogen (secondary N) is 1. The minimum atomic E-state index is 1.04. The third-order valence-corrected chi connectivity index (χ3v) is 1.37. The van der Waals surface area contributed by atoms with Gasteiger partial charge in [0.05, 0.1) is 0 Å². The Morgan fingerprint density at radius 1 is 1.71 bits per heavy atom. The van der Waals surface area contributed by atoms with E-state index in [4.69, 9.17) is 0 Å². The maximum absolute atomic E-state index is 3.26. The zero-order valence-electron chi connectivity index (χ0n) is 4.74. The predicted octanol–water partition coefficient (Wildman–Crippen LogP) is 1.14. The van der Waals surface area contributed by atoms with E-state index in [2.05, 4.69) is 28.5 Å². The van der Waals surface area contributed by atoms with Crippen LogP contribution in [-0.4, -0.2) is 17.6 Å². The molecule has 0 fully saturated rings. The first-order valence-corrected chi connectivity index (χ1v) is 3.13. The highest BCUT2D eigenvalue weighted by atomic mass is 79.9. The molecule has 0 unspecified atom stereocenters. The summed E-state index contributed by atoms with van der Waals surface area (Å²) in [6.45, 7) is 3.17. The molecule has 0 saturated heterocycles. The summed E-state index contributed by atoms with van der Waals surface area (Å²) in [4.78, 5) is 0. The van der Waals surface area contributed by atoms with Gasteiger partial charge in [0.1, 0.15) is 0 Å². The highest BCUT2D eigenvalue weighted by molar-refractivity contribution is 9.07. The summed E-state index contributed by atoms with van der Waals surface area (Å²) in [5.74, 6) is 0. The second kappa shape index (κ2) is 4.56. The molecule has 0 aliphatic heterocycles. The lowest BCUT2D eigenvalue weighted by molar-refractivity contribution is 0.403. The van der Waals surface area contributed by atoms with Gasteiger partial charge in [-0.25, -0.2) is 5.43 Å². The molecule has 7 heavy (non-hydrogen) atoms. The highest BCUT2D eigenvalue weighted by Gasteiger charge is 1.88. The SMILES string of the molecule is CCCN(Br)NC. The Morgan fingerprint density at radius 3 is 2.43 bits per heavy atom. The molecule has 0 amide bonds. The van der Waals surface area contributed by atoms with E-state index in [0.29, 0.717) is 0 Å². The Kier molecular flexibility index (Phi) is 4.82. The van der Waals surface area contributed by atoms with Crippen LogP contribution >= 0.6 is 16.1 Å². The van der Waals surface area contributed by atoms with E-state index in [9.17, 15) is 0 Å². The van der Waals surface area contributed by atoms with Gasteiger partial charge < -0.3 is 0 Å². The van der Waals surface area contributed by atoms with Crippen LogP contribution in [0.25, 0.3) is 0 Å². The molecule has 0 rings (SSSR count). The van der Waals surface area contributed by atoms with Crippen LogP contribution in [0.4, 0.5) is 0 Å². The van der Waals surface area contributed by atoms with E-state index in [-0.39, 0.29) is 0 Å². The lowest BCUT2D eigenvalue weighted by Crippen LogP contribution is -2.25. The van der Waals surface area contributed by atoms with Gasteiger partial charge in [0.25, 0.3) is 0 Å². The van der Waals surface area contributed by atoms with E-state index in [1.54, 1.807) is 0 Å². The van der Waals surface area contributed by atoms with Crippen LogP contribution in [0.1, 0.15) is 13.3 Å². The van der Waals surface area contributed by atoms with Crippen LogP contribution in [0.15, 0.2) is 0 Å². The lowest BCUT2D eigenvalue weighted by Gasteiger charge is -2.08. The van der Waals surface area contributed by atoms with Gasteiger partial charge in [-0.15, -0.1) is 0 Å². The second-order valence-electron chi connectivity index (χ2n) is 1.31. The molecule has 0 bridgehead atoms. The van der Waals surface area contributed by atoms with Gasteiger partial charge in [-0.1, -0.05) is 6.92 Å². The molecule has 0 heterocycles. The topological polar surface area (TPSA) is 15.3 Å². The van der Waals surface area contributed by atoms with Crippen molar-refractivity contribution in [1.82, 2.24) is 9.46 Å². The first kappa shape index (κ1) is 7.40. The standard InChI is InChI=1S/C4H11BrN2/c1-3-4-7(5)6-2/h6H,3-4H2,1-2H3. The highest BCUT2D eigenvalue weighted by Crippen LogP contribution is 1.90. The molecule has 2 nitrogen and oxygen atoms in total. The Morgan fingerprint density at radius 2 is 2.29 bits per heavy atom. The summed E-state index contributed by atoms with van der Waals surface area (Å²) >= 11 is 3.26. The quantitative estimate of drug-likeness (QED) is 0.500. The zero-order valence-corrected chi connectivity index (χ0v) is 6.33. The molecule has 0 spiro atoms. The van der Waals surface area contributed by atoms with Gasteiger partial charge in [-0.3, -0.25) is 0 Å². The minimum Gasteiger partial charge on any atom is -0.248 e. The fraction of sp³-hybridized carbons (Fsp3) is 1.00. The lowest BCUT2D eigenvalue weighted by atomic mass is 10.5. The van der Waals surface area contributed by atoms with Crippen molar-refractivity contribution in [1.29, 1.82) is 0 Å². The maximum Gasteiger partial charge on any atom is 0.0285 e. The zero-order chi connectivity index (χ0) is 5.70. The molecule has 0 aliphatic carbocycles. The fourth-order valence-electron chi connectivity index (χ4n) is 0.308. The number of hydrogen-bond acceptors (Lipinski definition) is 2. The molecule has 0 atom stereocenters. The van der Waals surface area contributed by atoms with Crippen molar-refractivity contribution in [2.24, 2.45) is 0 Å². The summed E-state index contributed by atoms with van der Waals surface area (Å²) in [6, 6.07) is 0. The van der Waals surface area contributed by atoms with Crippen LogP contribution in [-0.2, 0) is 0 Å². The Bertz CT molecular complexity index is 40.7.